The number of hydrogen-bond acceptors (Lipinski definition) is 6. The Hall–Kier alpha value is -0.860. The molecule has 2 heterocycles. The lowest BCUT2D eigenvalue weighted by molar-refractivity contribution is 0.317. The maximum absolute atomic E-state index is 12.0. The van der Waals surface area contributed by atoms with Gasteiger partial charge in [0.15, 0.2) is 5.03 Å². The molecule has 1 aliphatic rings. The summed E-state index contributed by atoms with van der Waals surface area (Å²) in [5, 5.41) is 0.0571. The fourth-order valence-electron chi connectivity index (χ4n) is 1.41. The van der Waals surface area contributed by atoms with Crippen molar-refractivity contribution in [2.24, 2.45) is 0 Å². The molecule has 0 unspecified atom stereocenters. The Morgan fingerprint density at radius 2 is 2.18 bits per heavy atom. The van der Waals surface area contributed by atoms with E-state index in [-0.39, 0.29) is 10.3 Å². The van der Waals surface area contributed by atoms with Gasteiger partial charge in [-0.25, -0.2) is 18.4 Å². The molecule has 0 atom stereocenters. The number of hydrogen-bond donors (Lipinski definition) is 1. The quantitative estimate of drug-likeness (QED) is 0.794. The zero-order valence-electron chi connectivity index (χ0n) is 9.28. The lowest BCUT2D eigenvalue weighted by atomic mass is 10.3. The highest BCUT2D eigenvalue weighted by atomic mass is 32.2. The highest BCUT2D eigenvalue weighted by Crippen LogP contribution is 2.22. The summed E-state index contributed by atoms with van der Waals surface area (Å²) in [6.45, 7) is 3.12. The number of aromatic nitrogens is 2. The van der Waals surface area contributed by atoms with Crippen LogP contribution in [-0.2, 0) is 10.0 Å². The molecule has 8 heteroatoms. The molecule has 2 rings (SSSR count). The van der Waals surface area contributed by atoms with E-state index < -0.39 is 10.0 Å². The van der Waals surface area contributed by atoms with E-state index in [1.54, 1.807) is 0 Å². The Kier molecular flexibility index (Phi) is 3.55. The van der Waals surface area contributed by atoms with Crippen LogP contribution in [0.1, 0.15) is 6.92 Å². The molecule has 0 aliphatic carbocycles. The van der Waals surface area contributed by atoms with Gasteiger partial charge in [-0.3, -0.25) is 0 Å². The molecular formula is C9H13N3O3S2. The van der Waals surface area contributed by atoms with Gasteiger partial charge in [-0.15, -0.1) is 0 Å². The summed E-state index contributed by atoms with van der Waals surface area (Å²) in [7, 11) is -3.51. The van der Waals surface area contributed by atoms with Crippen LogP contribution < -0.4 is 4.74 Å². The molecule has 0 N–H and O–H groups in total. The van der Waals surface area contributed by atoms with Gasteiger partial charge in [0.1, 0.15) is 0 Å². The summed E-state index contributed by atoms with van der Waals surface area (Å²) in [4.78, 5) is 7.74. The van der Waals surface area contributed by atoms with Crippen molar-refractivity contribution in [3.05, 3.63) is 12.4 Å². The van der Waals surface area contributed by atoms with Gasteiger partial charge in [0, 0.05) is 18.3 Å². The molecule has 6 nitrogen and oxygen atoms in total. The van der Waals surface area contributed by atoms with Crippen molar-refractivity contribution in [1.29, 1.82) is 0 Å². The Labute approximate surface area is 105 Å². The van der Waals surface area contributed by atoms with Crippen molar-refractivity contribution >= 4 is 22.7 Å². The summed E-state index contributed by atoms with van der Waals surface area (Å²) >= 11 is 4.17. The van der Waals surface area contributed by atoms with Gasteiger partial charge in [-0.05, 0) is 6.92 Å². The van der Waals surface area contributed by atoms with Crippen LogP contribution in [0.3, 0.4) is 0 Å². The van der Waals surface area contributed by atoms with E-state index in [2.05, 4.69) is 22.6 Å². The number of ether oxygens (including phenoxy) is 1. The second kappa shape index (κ2) is 4.79. The van der Waals surface area contributed by atoms with Gasteiger partial charge in [-0.1, -0.05) is 0 Å². The minimum atomic E-state index is -3.51. The van der Waals surface area contributed by atoms with Crippen LogP contribution in [-0.4, -0.2) is 47.6 Å². The van der Waals surface area contributed by atoms with Crippen LogP contribution in [0, 0.1) is 0 Å². The highest BCUT2D eigenvalue weighted by Gasteiger charge is 2.35. The molecular weight excluding hydrogens is 262 g/mol. The van der Waals surface area contributed by atoms with Gasteiger partial charge in [0.05, 0.1) is 19.0 Å². The molecule has 1 aromatic heterocycles. The maximum Gasteiger partial charge on any atom is 0.262 e. The number of thiol groups is 1. The number of sulfonamides is 1. The molecule has 1 aromatic rings. The van der Waals surface area contributed by atoms with Crippen LogP contribution in [0.2, 0.25) is 0 Å². The summed E-state index contributed by atoms with van der Waals surface area (Å²) in [5.74, 6) is 0.321. The van der Waals surface area contributed by atoms with Gasteiger partial charge in [0.25, 0.3) is 10.0 Å². The Balaban J connectivity index is 2.16. The summed E-state index contributed by atoms with van der Waals surface area (Å²) in [6, 6.07) is 0. The Bertz CT molecular complexity index is 483. The van der Waals surface area contributed by atoms with Crippen LogP contribution in [0.25, 0.3) is 0 Å². The predicted octanol–water partition coefficient (Wildman–Crippen LogP) is 0.178. The van der Waals surface area contributed by atoms with Gasteiger partial charge in [0.2, 0.25) is 5.88 Å². The monoisotopic (exact) mass is 275 g/mol. The van der Waals surface area contributed by atoms with E-state index in [9.17, 15) is 8.42 Å². The molecule has 0 aromatic carbocycles. The fraction of sp³-hybridized carbons (Fsp3) is 0.556. The van der Waals surface area contributed by atoms with E-state index in [4.69, 9.17) is 4.74 Å². The third-order valence-corrected chi connectivity index (χ3v) is 4.37. The lowest BCUT2D eigenvalue weighted by Gasteiger charge is -2.34. The molecule has 1 fully saturated rings. The van der Waals surface area contributed by atoms with Crippen molar-refractivity contribution in [2.75, 3.05) is 19.7 Å². The van der Waals surface area contributed by atoms with Crippen LogP contribution in [0.15, 0.2) is 17.4 Å². The minimum Gasteiger partial charge on any atom is -0.477 e. The summed E-state index contributed by atoms with van der Waals surface area (Å²) in [6.07, 6.45) is 2.53. The van der Waals surface area contributed by atoms with E-state index in [1.165, 1.54) is 16.7 Å². The molecule has 0 saturated carbocycles. The average molecular weight is 275 g/mol. The highest BCUT2D eigenvalue weighted by molar-refractivity contribution is 7.89. The molecule has 1 aliphatic heterocycles. The SMILES string of the molecule is CCOc1cnc(S(=O)(=O)N2CC(S)C2)cn1. The Morgan fingerprint density at radius 3 is 2.65 bits per heavy atom. The van der Waals surface area contributed by atoms with E-state index in [1.807, 2.05) is 6.92 Å². The Morgan fingerprint density at radius 1 is 1.47 bits per heavy atom. The van der Waals surface area contributed by atoms with E-state index in [0.29, 0.717) is 25.6 Å². The molecule has 94 valence electrons. The zero-order valence-corrected chi connectivity index (χ0v) is 11.0. The standard InChI is InChI=1S/C9H13N3O3S2/c1-2-15-8-3-11-9(4-10-8)17(13,14)12-5-7(16)6-12/h3-4,7,16H,2,5-6H2,1H3. The van der Waals surface area contributed by atoms with Crippen molar-refractivity contribution in [3.63, 3.8) is 0 Å². The molecule has 17 heavy (non-hydrogen) atoms. The van der Waals surface area contributed by atoms with Crippen LogP contribution in [0.4, 0.5) is 0 Å². The second-order valence-electron chi connectivity index (χ2n) is 3.60. The van der Waals surface area contributed by atoms with Crippen LogP contribution in [0.5, 0.6) is 5.88 Å². The molecule has 0 bridgehead atoms. The average Bonchev–Trinajstić information content (AvgIpc) is 2.26. The third kappa shape index (κ3) is 2.53. The smallest absolute Gasteiger partial charge is 0.262 e. The fourth-order valence-corrected chi connectivity index (χ4v) is 3.41. The second-order valence-corrected chi connectivity index (χ2v) is 6.22. The normalized spacial score (nSPS) is 17.8. The first kappa shape index (κ1) is 12.6. The molecule has 1 saturated heterocycles. The third-order valence-electron chi connectivity index (χ3n) is 2.33. The first-order valence-electron chi connectivity index (χ1n) is 5.17. The van der Waals surface area contributed by atoms with Crippen molar-refractivity contribution in [1.82, 2.24) is 14.3 Å². The van der Waals surface area contributed by atoms with Crippen molar-refractivity contribution < 1.29 is 13.2 Å². The van der Waals surface area contributed by atoms with Gasteiger partial charge < -0.3 is 4.74 Å². The number of rotatable bonds is 4. The van der Waals surface area contributed by atoms with Crippen molar-refractivity contribution in [3.8, 4) is 5.88 Å². The zero-order chi connectivity index (χ0) is 12.5. The first-order chi connectivity index (χ1) is 8.04. The largest absolute Gasteiger partial charge is 0.477 e. The molecule has 0 radical (unpaired) electrons. The maximum atomic E-state index is 12.0. The lowest BCUT2D eigenvalue weighted by Crippen LogP contribution is -2.51. The van der Waals surface area contributed by atoms with Gasteiger partial charge >= 0.3 is 0 Å². The predicted molar refractivity (Wildman–Crippen MR) is 64.7 cm³/mol. The summed E-state index contributed by atoms with van der Waals surface area (Å²) < 4.78 is 30.4. The molecule has 0 amide bonds. The minimum absolute atomic E-state index is 0.0545. The number of nitrogens with zero attached hydrogens (tertiary/aromatic N) is 3. The first-order valence-corrected chi connectivity index (χ1v) is 7.12. The van der Waals surface area contributed by atoms with Crippen molar-refractivity contribution in [2.45, 2.75) is 17.2 Å². The van der Waals surface area contributed by atoms with Crippen LogP contribution >= 0.6 is 12.6 Å². The topological polar surface area (TPSA) is 72.4 Å². The summed E-state index contributed by atoms with van der Waals surface area (Å²) in [5.41, 5.74) is 0. The molecule has 0 spiro atoms. The van der Waals surface area contributed by atoms with Gasteiger partial charge in [-0.2, -0.15) is 16.9 Å². The van der Waals surface area contributed by atoms with E-state index >= 15 is 0 Å². The van der Waals surface area contributed by atoms with E-state index in [0.717, 1.165) is 0 Å².